The van der Waals surface area contributed by atoms with Crippen LogP contribution in [0.25, 0.3) is 0 Å². The first-order valence-corrected chi connectivity index (χ1v) is 5.11. The summed E-state index contributed by atoms with van der Waals surface area (Å²) in [6, 6.07) is 0. The fraction of sp³-hybridized carbons (Fsp3) is 0.636. The molecular formula is C11H16O4. The van der Waals surface area contributed by atoms with Crippen molar-refractivity contribution in [1.29, 1.82) is 0 Å². The van der Waals surface area contributed by atoms with Gasteiger partial charge in [0, 0.05) is 0 Å². The molecule has 0 unspecified atom stereocenters. The number of aliphatic hydroxyl groups is 2. The summed E-state index contributed by atoms with van der Waals surface area (Å²) < 4.78 is 10.4. The van der Waals surface area contributed by atoms with Crippen LogP contribution in [0.3, 0.4) is 0 Å². The Morgan fingerprint density at radius 3 is 2.13 bits per heavy atom. The molecule has 4 heteroatoms. The molecule has 0 aliphatic carbocycles. The van der Waals surface area contributed by atoms with Crippen LogP contribution in [0.5, 0.6) is 0 Å². The smallest absolute Gasteiger partial charge is 0.118 e. The summed E-state index contributed by atoms with van der Waals surface area (Å²) in [5.41, 5.74) is 0. The minimum absolute atomic E-state index is 0.00396. The lowest BCUT2D eigenvalue weighted by Gasteiger charge is -1.96. The molecule has 2 N–H and O–H groups in total. The lowest BCUT2D eigenvalue weighted by Crippen LogP contribution is -2.12. The van der Waals surface area contributed by atoms with Crippen LogP contribution in [0, 0.1) is 0 Å². The lowest BCUT2D eigenvalue weighted by atomic mass is 10.1. The van der Waals surface area contributed by atoms with Crippen LogP contribution in [0.2, 0.25) is 0 Å². The molecule has 84 valence electrons. The monoisotopic (exact) mass is 212 g/mol. The molecule has 0 amide bonds. The third-order valence-corrected chi connectivity index (χ3v) is 2.67. The topological polar surface area (TPSA) is 65.5 Å². The molecule has 0 aromatic carbocycles. The van der Waals surface area contributed by atoms with Gasteiger partial charge < -0.3 is 19.7 Å². The van der Waals surface area contributed by atoms with E-state index in [1.807, 2.05) is 12.2 Å². The Morgan fingerprint density at radius 2 is 1.67 bits per heavy atom. The van der Waals surface area contributed by atoms with Crippen molar-refractivity contribution >= 4 is 0 Å². The number of rotatable bonds is 5. The van der Waals surface area contributed by atoms with Gasteiger partial charge in [-0.1, -0.05) is 18.2 Å². The third-order valence-electron chi connectivity index (χ3n) is 2.67. The summed E-state index contributed by atoms with van der Waals surface area (Å²) in [7, 11) is 0. The number of ether oxygens (including phenoxy) is 2. The minimum Gasteiger partial charge on any atom is -0.391 e. The standard InChI is InChI=1S/C11H16O4/c1-3-7(13)11-9(15-11)5-4-8-10(14-8)6(2)12/h3-13H,1H2,2H3/b5-4+/t6-,7-,8+,9+,10+,11+/m1/s1. The number of epoxide rings is 2. The van der Waals surface area contributed by atoms with Gasteiger partial charge in [-0.15, -0.1) is 6.58 Å². The second-order valence-corrected chi connectivity index (χ2v) is 3.98. The summed E-state index contributed by atoms with van der Waals surface area (Å²) in [5, 5.41) is 18.5. The van der Waals surface area contributed by atoms with E-state index in [0.29, 0.717) is 0 Å². The van der Waals surface area contributed by atoms with Crippen LogP contribution in [0.1, 0.15) is 6.92 Å². The van der Waals surface area contributed by atoms with Gasteiger partial charge in [0.05, 0.1) is 6.10 Å². The molecule has 0 bridgehead atoms. The second kappa shape index (κ2) is 4.06. The number of hydrogen-bond acceptors (Lipinski definition) is 4. The molecule has 0 spiro atoms. The molecule has 2 heterocycles. The van der Waals surface area contributed by atoms with Crippen LogP contribution in [0.15, 0.2) is 24.8 Å². The van der Waals surface area contributed by atoms with Crippen LogP contribution in [-0.4, -0.2) is 46.8 Å². The van der Waals surface area contributed by atoms with E-state index in [1.165, 1.54) is 6.08 Å². The summed E-state index contributed by atoms with van der Waals surface area (Å²) >= 11 is 0. The molecule has 4 nitrogen and oxygen atoms in total. The Kier molecular flexibility index (Phi) is 2.93. The van der Waals surface area contributed by atoms with E-state index < -0.39 is 12.2 Å². The number of aliphatic hydroxyl groups excluding tert-OH is 2. The molecule has 15 heavy (non-hydrogen) atoms. The van der Waals surface area contributed by atoms with Gasteiger partial charge in [0.2, 0.25) is 0 Å². The normalized spacial score (nSPS) is 42.6. The highest BCUT2D eigenvalue weighted by atomic mass is 16.6. The highest BCUT2D eigenvalue weighted by Crippen LogP contribution is 2.31. The summed E-state index contributed by atoms with van der Waals surface area (Å²) in [6.45, 7) is 5.19. The van der Waals surface area contributed by atoms with E-state index in [2.05, 4.69) is 6.58 Å². The minimum atomic E-state index is -0.604. The molecule has 0 aromatic heterocycles. The van der Waals surface area contributed by atoms with Crippen molar-refractivity contribution in [3.63, 3.8) is 0 Å². The second-order valence-electron chi connectivity index (χ2n) is 3.98. The zero-order valence-electron chi connectivity index (χ0n) is 8.61. The predicted molar refractivity (Wildman–Crippen MR) is 54.3 cm³/mol. The molecule has 2 saturated heterocycles. The van der Waals surface area contributed by atoms with Gasteiger partial charge in [-0.2, -0.15) is 0 Å². The van der Waals surface area contributed by atoms with Crippen molar-refractivity contribution in [2.24, 2.45) is 0 Å². The predicted octanol–water partition coefficient (Wildman–Crippen LogP) is 0.00510. The fourth-order valence-corrected chi connectivity index (χ4v) is 1.60. The third kappa shape index (κ3) is 2.46. The Labute approximate surface area is 88.8 Å². The van der Waals surface area contributed by atoms with Gasteiger partial charge in [0.25, 0.3) is 0 Å². The highest BCUT2D eigenvalue weighted by Gasteiger charge is 2.44. The van der Waals surface area contributed by atoms with Gasteiger partial charge in [-0.05, 0) is 6.92 Å². The van der Waals surface area contributed by atoms with Crippen molar-refractivity contribution in [2.45, 2.75) is 43.5 Å². The van der Waals surface area contributed by atoms with Crippen LogP contribution in [0.4, 0.5) is 0 Å². The molecule has 0 aromatic rings. The van der Waals surface area contributed by atoms with E-state index in [9.17, 15) is 10.2 Å². The zero-order chi connectivity index (χ0) is 11.0. The maximum absolute atomic E-state index is 9.34. The first-order chi connectivity index (χ1) is 7.13. The van der Waals surface area contributed by atoms with Gasteiger partial charge >= 0.3 is 0 Å². The van der Waals surface area contributed by atoms with Gasteiger partial charge in [0.1, 0.15) is 30.5 Å². The Balaban J connectivity index is 1.72. The SMILES string of the molecule is C=C[C@@H](O)[C@@H]1O[C@H]1/C=C/[C@@H]1O[C@H]1[C@@H](C)O. The largest absolute Gasteiger partial charge is 0.391 e. The van der Waals surface area contributed by atoms with E-state index >= 15 is 0 Å². The quantitative estimate of drug-likeness (QED) is 0.497. The Bertz CT molecular complexity index is 274. The fourth-order valence-electron chi connectivity index (χ4n) is 1.60. The Morgan fingerprint density at radius 1 is 1.13 bits per heavy atom. The van der Waals surface area contributed by atoms with Crippen molar-refractivity contribution < 1.29 is 19.7 Å². The van der Waals surface area contributed by atoms with Crippen molar-refractivity contribution in [1.82, 2.24) is 0 Å². The molecule has 6 atom stereocenters. The molecular weight excluding hydrogens is 196 g/mol. The summed E-state index contributed by atoms with van der Waals surface area (Å²) in [6.07, 6.45) is 3.87. The van der Waals surface area contributed by atoms with Crippen molar-refractivity contribution in [3.8, 4) is 0 Å². The first-order valence-electron chi connectivity index (χ1n) is 5.11. The van der Waals surface area contributed by atoms with Crippen LogP contribution in [-0.2, 0) is 9.47 Å². The van der Waals surface area contributed by atoms with E-state index in [4.69, 9.17) is 9.47 Å². The first kappa shape index (κ1) is 10.8. The van der Waals surface area contributed by atoms with Gasteiger partial charge in [-0.25, -0.2) is 0 Å². The number of hydrogen-bond donors (Lipinski definition) is 2. The Hall–Kier alpha value is -0.680. The lowest BCUT2D eigenvalue weighted by molar-refractivity contribution is 0.152. The van der Waals surface area contributed by atoms with E-state index in [0.717, 1.165) is 0 Å². The molecule has 2 aliphatic rings. The average molecular weight is 212 g/mol. The van der Waals surface area contributed by atoms with Gasteiger partial charge in [0.15, 0.2) is 0 Å². The van der Waals surface area contributed by atoms with Crippen LogP contribution < -0.4 is 0 Å². The van der Waals surface area contributed by atoms with Crippen LogP contribution >= 0.6 is 0 Å². The maximum atomic E-state index is 9.34. The molecule has 0 saturated carbocycles. The van der Waals surface area contributed by atoms with Gasteiger partial charge in [-0.3, -0.25) is 0 Å². The average Bonchev–Trinajstić information content (AvgIpc) is 3.06. The molecule has 2 aliphatic heterocycles. The maximum Gasteiger partial charge on any atom is 0.118 e. The van der Waals surface area contributed by atoms with E-state index in [-0.39, 0.29) is 24.4 Å². The molecule has 2 rings (SSSR count). The summed E-state index contributed by atoms with van der Waals surface area (Å²) in [4.78, 5) is 0. The zero-order valence-corrected chi connectivity index (χ0v) is 8.61. The molecule has 0 radical (unpaired) electrons. The van der Waals surface area contributed by atoms with Crippen molar-refractivity contribution in [2.75, 3.05) is 0 Å². The summed E-state index contributed by atoms with van der Waals surface area (Å²) in [5.74, 6) is 0. The highest BCUT2D eigenvalue weighted by molar-refractivity contribution is 5.13. The van der Waals surface area contributed by atoms with Crippen molar-refractivity contribution in [3.05, 3.63) is 24.8 Å². The van der Waals surface area contributed by atoms with E-state index in [1.54, 1.807) is 6.92 Å². The molecule has 2 fully saturated rings.